The molecule has 26 heavy (non-hydrogen) atoms. The Morgan fingerprint density at radius 2 is 1.96 bits per heavy atom. The zero-order chi connectivity index (χ0) is 18.9. The number of benzene rings is 2. The maximum atomic E-state index is 13.7. The number of para-hydroxylation sites is 1. The summed E-state index contributed by atoms with van der Waals surface area (Å²) in [5, 5.41) is 11.5. The lowest BCUT2D eigenvalue weighted by molar-refractivity contribution is -0.123. The number of nitrogens with one attached hydrogen (secondary N) is 1. The lowest BCUT2D eigenvalue weighted by Gasteiger charge is -2.31. The van der Waals surface area contributed by atoms with Gasteiger partial charge in [0.25, 0.3) is 0 Å². The SMILES string of the molecule is Cc1ccc(CC(=O)NC(n2nnc3ccccc32)C(C)(C)C)cc1F. The van der Waals surface area contributed by atoms with Crippen LogP contribution in [0.15, 0.2) is 42.5 Å². The van der Waals surface area contributed by atoms with Gasteiger partial charge in [0.15, 0.2) is 0 Å². The van der Waals surface area contributed by atoms with Crippen LogP contribution in [0.5, 0.6) is 0 Å². The van der Waals surface area contributed by atoms with Crippen molar-refractivity contribution in [3.63, 3.8) is 0 Å². The number of amides is 1. The summed E-state index contributed by atoms with van der Waals surface area (Å²) in [6.07, 6.45) is -0.270. The van der Waals surface area contributed by atoms with Gasteiger partial charge in [0.1, 0.15) is 17.5 Å². The van der Waals surface area contributed by atoms with Crippen LogP contribution >= 0.6 is 0 Å². The summed E-state index contributed by atoms with van der Waals surface area (Å²) in [5.41, 5.74) is 2.55. The highest BCUT2D eigenvalue weighted by Crippen LogP contribution is 2.30. The first kappa shape index (κ1) is 18.0. The monoisotopic (exact) mass is 354 g/mol. The minimum Gasteiger partial charge on any atom is -0.333 e. The van der Waals surface area contributed by atoms with E-state index >= 15 is 0 Å². The average molecular weight is 354 g/mol. The third kappa shape index (κ3) is 3.74. The molecule has 3 rings (SSSR count). The van der Waals surface area contributed by atoms with Crippen molar-refractivity contribution < 1.29 is 9.18 Å². The summed E-state index contributed by atoms with van der Waals surface area (Å²) < 4.78 is 15.5. The molecule has 6 heteroatoms. The van der Waals surface area contributed by atoms with Gasteiger partial charge < -0.3 is 5.32 Å². The number of halogens is 1. The van der Waals surface area contributed by atoms with E-state index in [9.17, 15) is 9.18 Å². The molecule has 0 saturated heterocycles. The second-order valence-corrected chi connectivity index (χ2v) is 7.62. The van der Waals surface area contributed by atoms with Crippen LogP contribution in [0.4, 0.5) is 4.39 Å². The molecule has 1 atom stereocenters. The number of aryl methyl sites for hydroxylation is 1. The molecule has 1 amide bonds. The van der Waals surface area contributed by atoms with Crippen LogP contribution in [0.1, 0.15) is 38.1 Å². The number of fused-ring (bicyclic) bond motifs is 1. The Balaban J connectivity index is 1.85. The molecule has 1 N–H and O–H groups in total. The smallest absolute Gasteiger partial charge is 0.226 e. The maximum Gasteiger partial charge on any atom is 0.226 e. The number of hydrogen-bond acceptors (Lipinski definition) is 3. The fraction of sp³-hybridized carbons (Fsp3) is 0.350. The van der Waals surface area contributed by atoms with E-state index in [2.05, 4.69) is 15.6 Å². The molecule has 0 fully saturated rings. The first-order valence-electron chi connectivity index (χ1n) is 8.60. The molecule has 1 heterocycles. The first-order valence-corrected chi connectivity index (χ1v) is 8.60. The van der Waals surface area contributed by atoms with Gasteiger partial charge in [0.05, 0.1) is 11.9 Å². The summed E-state index contributed by atoms with van der Waals surface area (Å²) in [7, 11) is 0. The lowest BCUT2D eigenvalue weighted by atomic mass is 9.92. The highest BCUT2D eigenvalue weighted by Gasteiger charge is 2.30. The topological polar surface area (TPSA) is 59.8 Å². The molecule has 0 spiro atoms. The molecular formula is C20H23FN4O. The van der Waals surface area contributed by atoms with Crippen molar-refractivity contribution in [1.29, 1.82) is 0 Å². The summed E-state index contributed by atoms with van der Waals surface area (Å²) in [6, 6.07) is 12.5. The van der Waals surface area contributed by atoms with Crippen molar-refractivity contribution in [3.05, 3.63) is 59.4 Å². The predicted molar refractivity (Wildman–Crippen MR) is 99.0 cm³/mol. The fourth-order valence-electron chi connectivity index (χ4n) is 2.86. The summed E-state index contributed by atoms with van der Waals surface area (Å²) >= 11 is 0. The Labute approximate surface area is 152 Å². The van der Waals surface area contributed by atoms with Gasteiger partial charge in [-0.3, -0.25) is 4.79 Å². The number of nitrogens with zero attached hydrogens (tertiary/aromatic N) is 3. The molecule has 2 aromatic carbocycles. The lowest BCUT2D eigenvalue weighted by Crippen LogP contribution is -2.41. The van der Waals surface area contributed by atoms with Crippen molar-refractivity contribution in [2.75, 3.05) is 0 Å². The Kier molecular flexibility index (Phi) is 4.76. The summed E-state index contributed by atoms with van der Waals surface area (Å²) in [4.78, 5) is 12.6. The zero-order valence-electron chi connectivity index (χ0n) is 15.5. The van der Waals surface area contributed by atoms with Crippen LogP contribution in [-0.4, -0.2) is 20.9 Å². The molecule has 136 valence electrons. The van der Waals surface area contributed by atoms with E-state index in [1.54, 1.807) is 23.7 Å². The molecule has 0 aliphatic heterocycles. The van der Waals surface area contributed by atoms with Gasteiger partial charge in [0, 0.05) is 5.41 Å². The average Bonchev–Trinajstić information content (AvgIpc) is 2.99. The molecule has 0 aliphatic carbocycles. The van der Waals surface area contributed by atoms with E-state index in [4.69, 9.17) is 0 Å². The van der Waals surface area contributed by atoms with E-state index in [1.807, 2.05) is 45.0 Å². The second kappa shape index (κ2) is 6.86. The summed E-state index contributed by atoms with van der Waals surface area (Å²) in [6.45, 7) is 7.78. The van der Waals surface area contributed by atoms with E-state index in [0.29, 0.717) is 11.1 Å². The van der Waals surface area contributed by atoms with Crippen molar-refractivity contribution >= 4 is 16.9 Å². The molecule has 1 unspecified atom stereocenters. The van der Waals surface area contributed by atoms with Crippen molar-refractivity contribution in [2.45, 2.75) is 40.3 Å². The number of aromatic nitrogens is 3. The van der Waals surface area contributed by atoms with Gasteiger partial charge in [-0.25, -0.2) is 9.07 Å². The Bertz CT molecular complexity index is 942. The second-order valence-electron chi connectivity index (χ2n) is 7.62. The fourth-order valence-corrected chi connectivity index (χ4v) is 2.86. The van der Waals surface area contributed by atoms with Crippen LogP contribution in [0, 0.1) is 18.2 Å². The molecule has 0 radical (unpaired) electrons. The van der Waals surface area contributed by atoms with Gasteiger partial charge in [-0.15, -0.1) is 5.10 Å². The third-order valence-electron chi connectivity index (χ3n) is 4.34. The van der Waals surface area contributed by atoms with E-state index in [0.717, 1.165) is 11.0 Å². The molecule has 0 bridgehead atoms. The Morgan fingerprint density at radius 1 is 1.23 bits per heavy atom. The van der Waals surface area contributed by atoms with Crippen LogP contribution in [-0.2, 0) is 11.2 Å². The number of carbonyl (C=O) groups excluding carboxylic acids is 1. The van der Waals surface area contributed by atoms with Crippen molar-refractivity contribution in [1.82, 2.24) is 20.3 Å². The van der Waals surface area contributed by atoms with E-state index < -0.39 is 0 Å². The number of rotatable bonds is 4. The summed E-state index contributed by atoms with van der Waals surface area (Å²) in [5.74, 6) is -0.488. The molecule has 0 saturated carbocycles. The molecule has 5 nitrogen and oxygen atoms in total. The first-order chi connectivity index (χ1) is 12.3. The Morgan fingerprint density at radius 3 is 2.65 bits per heavy atom. The highest BCUT2D eigenvalue weighted by molar-refractivity contribution is 5.79. The van der Waals surface area contributed by atoms with E-state index in [1.165, 1.54) is 6.07 Å². The van der Waals surface area contributed by atoms with Crippen molar-refractivity contribution in [2.24, 2.45) is 5.41 Å². The van der Waals surface area contributed by atoms with Gasteiger partial charge in [-0.05, 0) is 36.2 Å². The van der Waals surface area contributed by atoms with Crippen LogP contribution in [0.2, 0.25) is 0 Å². The van der Waals surface area contributed by atoms with E-state index in [-0.39, 0.29) is 29.7 Å². The normalized spacial score (nSPS) is 13.0. The molecule has 3 aromatic rings. The minimum atomic E-state index is -0.377. The quantitative estimate of drug-likeness (QED) is 0.776. The molecule has 0 aliphatic rings. The van der Waals surface area contributed by atoms with Gasteiger partial charge in [-0.2, -0.15) is 0 Å². The van der Waals surface area contributed by atoms with Crippen LogP contribution in [0.25, 0.3) is 11.0 Å². The highest BCUT2D eigenvalue weighted by atomic mass is 19.1. The maximum absolute atomic E-state index is 13.7. The number of carbonyl (C=O) groups is 1. The minimum absolute atomic E-state index is 0.108. The van der Waals surface area contributed by atoms with Crippen LogP contribution < -0.4 is 5.32 Å². The predicted octanol–water partition coefficient (Wildman–Crippen LogP) is 3.78. The van der Waals surface area contributed by atoms with Crippen molar-refractivity contribution in [3.8, 4) is 0 Å². The molecular weight excluding hydrogens is 331 g/mol. The zero-order valence-corrected chi connectivity index (χ0v) is 15.5. The van der Waals surface area contributed by atoms with Gasteiger partial charge >= 0.3 is 0 Å². The van der Waals surface area contributed by atoms with Gasteiger partial charge in [0.2, 0.25) is 5.91 Å². The van der Waals surface area contributed by atoms with Gasteiger partial charge in [-0.1, -0.05) is 50.3 Å². The molecule has 1 aromatic heterocycles. The largest absolute Gasteiger partial charge is 0.333 e. The third-order valence-corrected chi connectivity index (χ3v) is 4.34. The standard InChI is InChI=1S/C20H23FN4O/c1-13-9-10-14(11-15(13)21)12-18(26)22-19(20(2,3)4)25-17-8-6-5-7-16(17)23-24-25/h5-11,19H,12H2,1-4H3,(H,22,26). The van der Waals surface area contributed by atoms with Crippen LogP contribution in [0.3, 0.4) is 0 Å². The Hall–Kier alpha value is -2.76. The number of hydrogen-bond donors (Lipinski definition) is 1.